The molecule has 0 radical (unpaired) electrons. The number of hydrogen-bond donors (Lipinski definition) is 1. The summed E-state index contributed by atoms with van der Waals surface area (Å²) in [5.41, 5.74) is 0.580. The molecule has 3 aromatic rings. The second kappa shape index (κ2) is 11.5. The third-order valence-electron chi connectivity index (χ3n) is 6.18. The molecule has 0 fully saturated rings. The Hall–Kier alpha value is -3.46. The van der Waals surface area contributed by atoms with Crippen molar-refractivity contribution in [3.05, 3.63) is 78.1 Å². The monoisotopic (exact) mass is 513 g/mol. The van der Waals surface area contributed by atoms with E-state index in [1.807, 2.05) is 32.0 Å². The van der Waals surface area contributed by atoms with E-state index >= 15 is 0 Å². The van der Waals surface area contributed by atoms with Crippen LogP contribution in [0.25, 0.3) is 10.8 Å². The van der Waals surface area contributed by atoms with E-state index in [4.69, 9.17) is 0 Å². The average Bonchev–Trinajstić information content (AvgIpc) is 2.85. The molecule has 0 aliphatic rings. The van der Waals surface area contributed by atoms with Crippen molar-refractivity contribution in [1.29, 1.82) is 0 Å². The van der Waals surface area contributed by atoms with Crippen LogP contribution in [0.3, 0.4) is 0 Å². The Morgan fingerprint density at radius 1 is 0.972 bits per heavy atom. The van der Waals surface area contributed by atoms with Crippen molar-refractivity contribution in [2.75, 3.05) is 17.1 Å². The Labute approximate surface area is 212 Å². The summed E-state index contributed by atoms with van der Waals surface area (Å²) in [4.78, 5) is 27.8. The molecule has 7 nitrogen and oxygen atoms in total. The Kier molecular flexibility index (Phi) is 8.68. The molecule has 2 atom stereocenters. The number of rotatable bonds is 10. The first-order valence-electron chi connectivity index (χ1n) is 11.8. The number of nitrogens with one attached hydrogen (secondary N) is 1. The van der Waals surface area contributed by atoms with Gasteiger partial charge in [-0.3, -0.25) is 13.9 Å². The topological polar surface area (TPSA) is 86.8 Å². The molecule has 0 spiro atoms. The maximum Gasteiger partial charge on any atom is 0.244 e. The minimum Gasteiger partial charge on any atom is -0.352 e. The maximum absolute atomic E-state index is 14.5. The largest absolute Gasteiger partial charge is 0.352 e. The molecule has 3 aromatic carbocycles. The molecule has 0 aliphatic heterocycles. The van der Waals surface area contributed by atoms with Crippen molar-refractivity contribution < 1.29 is 22.4 Å². The van der Waals surface area contributed by atoms with Crippen molar-refractivity contribution in [3.63, 3.8) is 0 Å². The van der Waals surface area contributed by atoms with Gasteiger partial charge < -0.3 is 10.2 Å². The van der Waals surface area contributed by atoms with Crippen LogP contribution >= 0.6 is 0 Å². The molecule has 0 bridgehead atoms. The van der Waals surface area contributed by atoms with Gasteiger partial charge in [-0.05, 0) is 37.8 Å². The lowest BCUT2D eigenvalue weighted by Crippen LogP contribution is -2.52. The van der Waals surface area contributed by atoms with Gasteiger partial charge in [0.1, 0.15) is 18.4 Å². The molecule has 0 heterocycles. The number of carbonyl (C=O) groups is 2. The van der Waals surface area contributed by atoms with Crippen molar-refractivity contribution >= 4 is 38.3 Å². The van der Waals surface area contributed by atoms with Crippen LogP contribution in [-0.2, 0) is 26.2 Å². The smallest absolute Gasteiger partial charge is 0.244 e. The Balaban J connectivity index is 2.00. The number of fused-ring (bicyclic) bond motifs is 1. The van der Waals surface area contributed by atoms with Gasteiger partial charge in [0.05, 0.1) is 11.9 Å². The number of nitrogens with zero attached hydrogens (tertiary/aromatic N) is 2. The summed E-state index contributed by atoms with van der Waals surface area (Å²) in [5, 5.41) is 4.33. The van der Waals surface area contributed by atoms with Crippen molar-refractivity contribution in [2.45, 2.75) is 45.8 Å². The van der Waals surface area contributed by atoms with E-state index in [0.717, 1.165) is 15.9 Å². The maximum atomic E-state index is 14.5. The fraction of sp³-hybridized carbons (Fsp3) is 0.333. The lowest BCUT2D eigenvalue weighted by atomic mass is 10.1. The number of halogens is 1. The molecular weight excluding hydrogens is 481 g/mol. The molecule has 3 rings (SSSR count). The van der Waals surface area contributed by atoms with Crippen molar-refractivity contribution in [3.8, 4) is 0 Å². The molecule has 0 aromatic heterocycles. The summed E-state index contributed by atoms with van der Waals surface area (Å²) in [5.74, 6) is -1.53. The zero-order chi connectivity index (χ0) is 26.5. The summed E-state index contributed by atoms with van der Waals surface area (Å²) in [6.45, 7) is 4.60. The fourth-order valence-electron chi connectivity index (χ4n) is 3.88. The second-order valence-corrected chi connectivity index (χ2v) is 10.8. The summed E-state index contributed by atoms with van der Waals surface area (Å²) in [6, 6.07) is 17.4. The zero-order valence-electron chi connectivity index (χ0n) is 20.9. The summed E-state index contributed by atoms with van der Waals surface area (Å²) >= 11 is 0. The standard InChI is InChI=1S/C27H32FN3O4S/c1-5-19(2)29-27(33)20(3)30(17-22-12-7-9-15-24(22)28)26(32)18-31(36(4,34)35)25-16-10-13-21-11-6-8-14-23(21)25/h6-16,19-20H,5,17-18H2,1-4H3,(H,29,33)/t19-,20-/m1/s1. The summed E-state index contributed by atoms with van der Waals surface area (Å²) < 4.78 is 41.2. The van der Waals surface area contributed by atoms with E-state index in [2.05, 4.69) is 5.32 Å². The van der Waals surface area contributed by atoms with Crippen LogP contribution in [0, 0.1) is 5.82 Å². The van der Waals surface area contributed by atoms with Crippen molar-refractivity contribution in [1.82, 2.24) is 10.2 Å². The normalized spacial score (nSPS) is 13.1. The first-order valence-corrected chi connectivity index (χ1v) is 13.7. The van der Waals surface area contributed by atoms with Crippen LogP contribution in [0.15, 0.2) is 66.7 Å². The molecule has 192 valence electrons. The molecule has 9 heteroatoms. The quantitative estimate of drug-likeness (QED) is 0.443. The molecule has 0 aliphatic carbocycles. The van der Waals surface area contributed by atoms with Gasteiger partial charge in [0, 0.05) is 23.5 Å². The number of hydrogen-bond acceptors (Lipinski definition) is 4. The van der Waals surface area contributed by atoms with Gasteiger partial charge in [0.15, 0.2) is 0 Å². The second-order valence-electron chi connectivity index (χ2n) is 8.87. The lowest BCUT2D eigenvalue weighted by molar-refractivity contribution is -0.139. The first-order chi connectivity index (χ1) is 17.0. The Morgan fingerprint density at radius 3 is 2.28 bits per heavy atom. The van der Waals surface area contributed by atoms with E-state index in [0.29, 0.717) is 17.5 Å². The highest BCUT2D eigenvalue weighted by atomic mass is 32.2. The van der Waals surface area contributed by atoms with E-state index in [1.165, 1.54) is 23.1 Å². The van der Waals surface area contributed by atoms with Crippen LogP contribution in [-0.4, -0.2) is 50.0 Å². The highest BCUT2D eigenvalue weighted by Crippen LogP contribution is 2.28. The van der Waals surface area contributed by atoms with E-state index in [-0.39, 0.29) is 18.2 Å². The lowest BCUT2D eigenvalue weighted by Gasteiger charge is -2.32. The third kappa shape index (κ3) is 6.40. The zero-order valence-corrected chi connectivity index (χ0v) is 21.8. The molecule has 36 heavy (non-hydrogen) atoms. The van der Waals surface area contributed by atoms with Gasteiger partial charge in [0.2, 0.25) is 21.8 Å². The number of benzene rings is 3. The highest BCUT2D eigenvalue weighted by molar-refractivity contribution is 7.92. The average molecular weight is 514 g/mol. The SMILES string of the molecule is CC[C@@H](C)NC(=O)[C@@H](C)N(Cc1ccccc1F)C(=O)CN(c1cccc2ccccc12)S(C)(=O)=O. The number of anilines is 1. The van der Waals surface area contributed by atoms with Crippen LogP contribution in [0.2, 0.25) is 0 Å². The minimum absolute atomic E-state index is 0.117. The van der Waals surface area contributed by atoms with E-state index < -0.39 is 40.2 Å². The van der Waals surface area contributed by atoms with Gasteiger partial charge in [-0.1, -0.05) is 61.5 Å². The van der Waals surface area contributed by atoms with E-state index in [1.54, 1.807) is 37.3 Å². The van der Waals surface area contributed by atoms with Crippen molar-refractivity contribution in [2.24, 2.45) is 0 Å². The number of sulfonamides is 1. The van der Waals surface area contributed by atoms with Crippen LogP contribution in [0.1, 0.15) is 32.8 Å². The Morgan fingerprint density at radius 2 is 1.61 bits per heavy atom. The number of carbonyl (C=O) groups excluding carboxylic acids is 2. The van der Waals surface area contributed by atoms with E-state index in [9.17, 15) is 22.4 Å². The van der Waals surface area contributed by atoms with Crippen LogP contribution in [0.5, 0.6) is 0 Å². The number of amides is 2. The van der Waals surface area contributed by atoms with Gasteiger partial charge in [0.25, 0.3) is 0 Å². The van der Waals surface area contributed by atoms with Gasteiger partial charge in [-0.15, -0.1) is 0 Å². The van der Waals surface area contributed by atoms with Gasteiger partial charge in [-0.2, -0.15) is 0 Å². The summed E-state index contributed by atoms with van der Waals surface area (Å²) in [6.07, 6.45) is 1.73. The minimum atomic E-state index is -3.88. The van der Waals surface area contributed by atoms with Gasteiger partial charge in [-0.25, -0.2) is 12.8 Å². The highest BCUT2D eigenvalue weighted by Gasteiger charge is 2.31. The molecule has 0 unspecified atom stereocenters. The predicted molar refractivity (Wildman–Crippen MR) is 140 cm³/mol. The van der Waals surface area contributed by atoms with Crippen LogP contribution in [0.4, 0.5) is 10.1 Å². The molecule has 2 amide bonds. The first kappa shape index (κ1) is 27.1. The summed E-state index contributed by atoms with van der Waals surface area (Å²) in [7, 11) is -3.88. The molecule has 0 saturated heterocycles. The fourth-order valence-corrected chi connectivity index (χ4v) is 4.74. The predicted octanol–water partition coefficient (Wildman–Crippen LogP) is 4.08. The Bertz CT molecular complexity index is 1340. The van der Waals surface area contributed by atoms with Crippen LogP contribution < -0.4 is 9.62 Å². The van der Waals surface area contributed by atoms with Gasteiger partial charge >= 0.3 is 0 Å². The molecule has 1 N–H and O–H groups in total. The molecule has 0 saturated carbocycles. The molecular formula is C27H32FN3O4S. The third-order valence-corrected chi connectivity index (χ3v) is 7.31.